The molecule has 3 nitrogen and oxygen atoms in total. The second-order valence-electron chi connectivity index (χ2n) is 12.3. The van der Waals surface area contributed by atoms with Gasteiger partial charge in [0.15, 0.2) is 8.32 Å². The summed E-state index contributed by atoms with van der Waals surface area (Å²) in [5.41, 5.74) is 1.18. The first kappa shape index (κ1) is 27.0. The fourth-order valence-electron chi connectivity index (χ4n) is 4.10. The van der Waals surface area contributed by atoms with Crippen LogP contribution in [0.15, 0.2) is 24.3 Å². The quantitative estimate of drug-likeness (QED) is 0.394. The summed E-state index contributed by atoms with van der Waals surface area (Å²) in [6.45, 7) is 22.1. The van der Waals surface area contributed by atoms with Crippen LogP contribution in [0.2, 0.25) is 23.2 Å². The zero-order valence-electron chi connectivity index (χ0n) is 21.3. The molecular weight excluding hydrogens is 442 g/mol. The van der Waals surface area contributed by atoms with Gasteiger partial charge in [0.25, 0.3) is 0 Å². The van der Waals surface area contributed by atoms with Crippen LogP contribution in [-0.4, -0.2) is 29.4 Å². The number of hydrogen-bond acceptors (Lipinski definition) is 2. The molecule has 1 aromatic carbocycles. The summed E-state index contributed by atoms with van der Waals surface area (Å²) in [6.07, 6.45) is 3.12. The summed E-state index contributed by atoms with van der Waals surface area (Å²) in [7, 11) is -2.97. The molecule has 1 aromatic rings. The second kappa shape index (κ2) is 9.58. The standard InChI is InChI=1S/C25H44ClNO2SSi/c1-18(2)15-22(27-30(28)23(3,4)5)25(19-11-13-20(26)14-12-19)16-21(17-25)29-31(9,10)24(6,7)8/h11-14,18,21-22,27H,15-17H2,1-10H3/t21?,22-,25?,30-/m1/s1. The second-order valence-corrected chi connectivity index (χ2v) is 19.4. The molecule has 0 unspecified atom stereocenters. The van der Waals surface area contributed by atoms with E-state index >= 15 is 0 Å². The van der Waals surface area contributed by atoms with Gasteiger partial charge in [-0.1, -0.05) is 58.4 Å². The zero-order chi connectivity index (χ0) is 23.8. The van der Waals surface area contributed by atoms with Gasteiger partial charge < -0.3 is 4.43 Å². The van der Waals surface area contributed by atoms with Crippen molar-refractivity contribution in [3.8, 4) is 0 Å². The Balaban J connectivity index is 2.38. The van der Waals surface area contributed by atoms with Gasteiger partial charge >= 0.3 is 0 Å². The van der Waals surface area contributed by atoms with E-state index in [9.17, 15) is 4.21 Å². The molecule has 0 heterocycles. The third kappa shape index (κ3) is 6.44. The minimum absolute atomic E-state index is 0.0944. The number of hydrogen-bond donors (Lipinski definition) is 1. The van der Waals surface area contributed by atoms with E-state index in [1.165, 1.54) is 5.56 Å². The summed E-state index contributed by atoms with van der Waals surface area (Å²) in [5, 5.41) is 0.938. The third-order valence-corrected chi connectivity index (χ3v) is 13.4. The highest BCUT2D eigenvalue weighted by Crippen LogP contribution is 2.52. The van der Waals surface area contributed by atoms with E-state index in [0.717, 1.165) is 24.3 Å². The van der Waals surface area contributed by atoms with Crippen LogP contribution in [0.1, 0.15) is 80.2 Å². The van der Waals surface area contributed by atoms with Gasteiger partial charge in [-0.15, -0.1) is 0 Å². The molecule has 6 heteroatoms. The van der Waals surface area contributed by atoms with Crippen molar-refractivity contribution < 1.29 is 8.63 Å². The maximum atomic E-state index is 13.1. The maximum Gasteiger partial charge on any atom is 0.192 e. The van der Waals surface area contributed by atoms with E-state index in [4.69, 9.17) is 16.0 Å². The van der Waals surface area contributed by atoms with Gasteiger partial charge in [-0.25, -0.2) is 8.93 Å². The average Bonchev–Trinajstić information content (AvgIpc) is 2.55. The molecule has 1 aliphatic rings. The molecule has 178 valence electrons. The van der Waals surface area contributed by atoms with E-state index in [-0.39, 0.29) is 27.3 Å². The van der Waals surface area contributed by atoms with Gasteiger partial charge in [0.2, 0.25) is 0 Å². The highest BCUT2D eigenvalue weighted by Gasteiger charge is 2.54. The molecule has 1 aliphatic carbocycles. The largest absolute Gasteiger partial charge is 0.414 e. The Morgan fingerprint density at radius 3 is 2.06 bits per heavy atom. The summed E-state index contributed by atoms with van der Waals surface area (Å²) in [6, 6.07) is 8.38. The summed E-state index contributed by atoms with van der Waals surface area (Å²) in [5.74, 6) is 0.499. The average molecular weight is 486 g/mol. The topological polar surface area (TPSA) is 38.3 Å². The van der Waals surface area contributed by atoms with E-state index < -0.39 is 19.3 Å². The highest BCUT2D eigenvalue weighted by molar-refractivity contribution is 7.84. The number of halogens is 1. The molecule has 0 bridgehead atoms. The van der Waals surface area contributed by atoms with E-state index in [2.05, 4.69) is 64.6 Å². The Kier molecular flexibility index (Phi) is 8.35. The monoisotopic (exact) mass is 485 g/mol. The van der Waals surface area contributed by atoms with Crippen LogP contribution >= 0.6 is 11.6 Å². The maximum absolute atomic E-state index is 13.1. The molecule has 0 radical (unpaired) electrons. The van der Waals surface area contributed by atoms with Gasteiger partial charge in [0, 0.05) is 22.6 Å². The Bertz CT molecular complexity index is 759. The summed E-state index contributed by atoms with van der Waals surface area (Å²) >= 11 is 6.21. The zero-order valence-corrected chi connectivity index (χ0v) is 23.8. The minimum Gasteiger partial charge on any atom is -0.414 e. The molecule has 0 spiro atoms. The fraction of sp³-hybridized carbons (Fsp3) is 0.760. The van der Waals surface area contributed by atoms with Crippen molar-refractivity contribution in [3.63, 3.8) is 0 Å². The van der Waals surface area contributed by atoms with Gasteiger partial charge in [-0.05, 0) is 81.8 Å². The van der Waals surface area contributed by atoms with Crippen molar-refractivity contribution in [2.45, 2.75) is 115 Å². The van der Waals surface area contributed by atoms with E-state index in [1.807, 2.05) is 32.9 Å². The van der Waals surface area contributed by atoms with Gasteiger partial charge in [0.05, 0.1) is 15.7 Å². The smallest absolute Gasteiger partial charge is 0.192 e. The number of nitrogens with one attached hydrogen (secondary N) is 1. The highest BCUT2D eigenvalue weighted by atomic mass is 35.5. The van der Waals surface area contributed by atoms with Crippen LogP contribution in [0, 0.1) is 5.92 Å². The summed E-state index contributed by atoms with van der Waals surface area (Å²) < 4.78 is 23.1. The van der Waals surface area contributed by atoms with Crippen molar-refractivity contribution in [3.05, 3.63) is 34.9 Å². The van der Waals surface area contributed by atoms with Crippen LogP contribution in [0.25, 0.3) is 0 Å². The van der Waals surface area contributed by atoms with Crippen LogP contribution in [0.4, 0.5) is 0 Å². The van der Waals surface area contributed by atoms with Gasteiger partial charge in [0.1, 0.15) is 0 Å². The van der Waals surface area contributed by atoms with Gasteiger partial charge in [-0.2, -0.15) is 0 Å². The van der Waals surface area contributed by atoms with Crippen molar-refractivity contribution in [2.24, 2.45) is 5.92 Å². The Labute approximate surface area is 199 Å². The lowest BCUT2D eigenvalue weighted by molar-refractivity contribution is 0.00614. The molecule has 0 aliphatic heterocycles. The lowest BCUT2D eigenvalue weighted by atomic mass is 9.57. The Hall–Kier alpha value is -0.203. The van der Waals surface area contributed by atoms with E-state index in [0.29, 0.717) is 5.92 Å². The first-order valence-corrected chi connectivity index (χ1v) is 16.0. The molecule has 31 heavy (non-hydrogen) atoms. The van der Waals surface area contributed by atoms with Crippen LogP contribution < -0.4 is 4.72 Å². The lowest BCUT2D eigenvalue weighted by Crippen LogP contribution is -2.62. The van der Waals surface area contributed by atoms with Crippen LogP contribution in [0.5, 0.6) is 0 Å². The Morgan fingerprint density at radius 1 is 1.13 bits per heavy atom. The molecule has 1 saturated carbocycles. The fourth-order valence-corrected chi connectivity index (χ4v) is 6.51. The van der Waals surface area contributed by atoms with Gasteiger partial charge in [-0.3, -0.25) is 0 Å². The lowest BCUT2D eigenvalue weighted by Gasteiger charge is -2.55. The normalized spacial score (nSPS) is 24.7. The van der Waals surface area contributed by atoms with Crippen molar-refractivity contribution in [1.82, 2.24) is 4.72 Å². The molecule has 2 rings (SSSR count). The first-order valence-electron chi connectivity index (χ1n) is 11.6. The molecule has 1 fully saturated rings. The van der Waals surface area contributed by atoms with E-state index in [1.54, 1.807) is 0 Å². The molecule has 2 atom stereocenters. The molecule has 0 aromatic heterocycles. The SMILES string of the molecule is CC(C)C[C@@H](N[S@](=O)C(C)(C)C)C1(c2ccc(Cl)cc2)CC(O[Si](C)(C)C(C)(C)C)C1. The molecule has 0 saturated heterocycles. The van der Waals surface area contributed by atoms with Crippen molar-refractivity contribution in [2.75, 3.05) is 0 Å². The molecular formula is C25H44ClNO2SSi. The van der Waals surface area contributed by atoms with Crippen LogP contribution in [0.3, 0.4) is 0 Å². The molecule has 0 amide bonds. The number of rotatable bonds is 8. The number of benzene rings is 1. The third-order valence-electron chi connectivity index (χ3n) is 7.05. The Morgan fingerprint density at radius 2 is 1.65 bits per heavy atom. The van der Waals surface area contributed by atoms with Crippen molar-refractivity contribution >= 4 is 30.9 Å². The predicted octanol–water partition coefficient (Wildman–Crippen LogP) is 7.23. The van der Waals surface area contributed by atoms with Crippen LogP contribution in [-0.2, 0) is 20.8 Å². The first-order chi connectivity index (χ1) is 14.0. The molecule has 1 N–H and O–H groups in total. The predicted molar refractivity (Wildman–Crippen MR) is 139 cm³/mol. The van der Waals surface area contributed by atoms with Crippen molar-refractivity contribution in [1.29, 1.82) is 0 Å². The minimum atomic E-state index is -1.84. The summed E-state index contributed by atoms with van der Waals surface area (Å²) in [4.78, 5) is 0.